The average Bonchev–Trinajstić information content (AvgIpc) is 3.20. The molecule has 4 heteroatoms. The standard InChI is InChI=1S/C14H19NO3/c1-3-13(14(16)15-10-7-8-10)18-12-6-4-5-11(9-12)17-2/h4-6,9-10,13H,3,7-8H2,1-2H3,(H,15,16). The van der Waals surface area contributed by atoms with Crippen molar-refractivity contribution in [3.63, 3.8) is 0 Å². The SMILES string of the molecule is CCC(Oc1cccc(OC)c1)C(=O)NC1CC1. The first-order valence-electron chi connectivity index (χ1n) is 6.34. The fraction of sp³-hybridized carbons (Fsp3) is 0.500. The second-order valence-electron chi connectivity index (χ2n) is 4.48. The van der Waals surface area contributed by atoms with Crippen molar-refractivity contribution in [2.24, 2.45) is 0 Å². The predicted molar refractivity (Wildman–Crippen MR) is 68.9 cm³/mol. The maximum atomic E-state index is 11.9. The molecule has 4 nitrogen and oxygen atoms in total. The maximum Gasteiger partial charge on any atom is 0.261 e. The molecule has 0 saturated heterocycles. The minimum absolute atomic E-state index is 0.0252. The van der Waals surface area contributed by atoms with Crippen LogP contribution in [0.25, 0.3) is 0 Å². The summed E-state index contributed by atoms with van der Waals surface area (Å²) in [6, 6.07) is 7.67. The Morgan fingerprint density at radius 1 is 1.44 bits per heavy atom. The van der Waals surface area contributed by atoms with E-state index in [9.17, 15) is 4.79 Å². The van der Waals surface area contributed by atoms with Crippen LogP contribution in [0, 0.1) is 0 Å². The minimum Gasteiger partial charge on any atom is -0.497 e. The van der Waals surface area contributed by atoms with Crippen LogP contribution in [0.4, 0.5) is 0 Å². The number of amides is 1. The van der Waals surface area contributed by atoms with Crippen molar-refractivity contribution in [3.8, 4) is 11.5 Å². The molecule has 1 aromatic rings. The molecular formula is C14H19NO3. The van der Waals surface area contributed by atoms with Crippen LogP contribution in [0.3, 0.4) is 0 Å². The molecular weight excluding hydrogens is 230 g/mol. The van der Waals surface area contributed by atoms with E-state index in [-0.39, 0.29) is 5.91 Å². The fourth-order valence-electron chi connectivity index (χ4n) is 1.68. The molecule has 0 spiro atoms. The summed E-state index contributed by atoms with van der Waals surface area (Å²) in [5.41, 5.74) is 0. The van der Waals surface area contributed by atoms with Gasteiger partial charge in [0.15, 0.2) is 6.10 Å². The molecule has 2 rings (SSSR count). The van der Waals surface area contributed by atoms with Crippen molar-refractivity contribution >= 4 is 5.91 Å². The molecule has 0 bridgehead atoms. The second-order valence-corrected chi connectivity index (χ2v) is 4.48. The second kappa shape index (κ2) is 5.76. The Hall–Kier alpha value is -1.71. The Labute approximate surface area is 107 Å². The van der Waals surface area contributed by atoms with E-state index in [4.69, 9.17) is 9.47 Å². The van der Waals surface area contributed by atoms with Crippen LogP contribution < -0.4 is 14.8 Å². The number of ether oxygens (including phenoxy) is 2. The van der Waals surface area contributed by atoms with Crippen LogP contribution in [0.2, 0.25) is 0 Å². The number of hydrogen-bond donors (Lipinski definition) is 1. The van der Waals surface area contributed by atoms with E-state index in [2.05, 4.69) is 5.32 Å². The molecule has 0 aliphatic heterocycles. The highest BCUT2D eigenvalue weighted by atomic mass is 16.5. The van der Waals surface area contributed by atoms with Gasteiger partial charge in [0, 0.05) is 12.1 Å². The topological polar surface area (TPSA) is 47.6 Å². The van der Waals surface area contributed by atoms with Gasteiger partial charge in [0.1, 0.15) is 11.5 Å². The number of rotatable bonds is 6. The van der Waals surface area contributed by atoms with Crippen LogP contribution >= 0.6 is 0 Å². The highest BCUT2D eigenvalue weighted by molar-refractivity contribution is 5.81. The first kappa shape index (κ1) is 12.7. The molecule has 1 aromatic carbocycles. The largest absolute Gasteiger partial charge is 0.497 e. The van der Waals surface area contributed by atoms with Crippen LogP contribution in [0.5, 0.6) is 11.5 Å². The third-order valence-corrected chi connectivity index (χ3v) is 2.91. The zero-order valence-electron chi connectivity index (χ0n) is 10.8. The molecule has 0 heterocycles. The Balaban J connectivity index is 1.97. The van der Waals surface area contributed by atoms with Gasteiger partial charge >= 0.3 is 0 Å². The van der Waals surface area contributed by atoms with Gasteiger partial charge < -0.3 is 14.8 Å². The Kier molecular flexibility index (Phi) is 4.07. The molecule has 0 radical (unpaired) electrons. The van der Waals surface area contributed by atoms with Crippen LogP contribution in [0.1, 0.15) is 26.2 Å². The van der Waals surface area contributed by atoms with Crippen molar-refractivity contribution < 1.29 is 14.3 Å². The molecule has 18 heavy (non-hydrogen) atoms. The van der Waals surface area contributed by atoms with E-state index >= 15 is 0 Å². The summed E-state index contributed by atoms with van der Waals surface area (Å²) in [4.78, 5) is 11.9. The van der Waals surface area contributed by atoms with E-state index in [0.29, 0.717) is 18.2 Å². The lowest BCUT2D eigenvalue weighted by molar-refractivity contribution is -0.128. The molecule has 0 aromatic heterocycles. The van der Waals surface area contributed by atoms with E-state index in [0.717, 1.165) is 18.6 Å². The number of methoxy groups -OCH3 is 1. The molecule has 1 aliphatic carbocycles. The molecule has 1 N–H and O–H groups in total. The van der Waals surface area contributed by atoms with E-state index in [1.165, 1.54) is 0 Å². The average molecular weight is 249 g/mol. The van der Waals surface area contributed by atoms with Crippen molar-refractivity contribution in [2.45, 2.75) is 38.3 Å². The normalized spacial score (nSPS) is 15.9. The third-order valence-electron chi connectivity index (χ3n) is 2.91. The van der Waals surface area contributed by atoms with E-state index in [1.807, 2.05) is 25.1 Å². The number of nitrogens with one attached hydrogen (secondary N) is 1. The quantitative estimate of drug-likeness (QED) is 0.840. The van der Waals surface area contributed by atoms with Crippen molar-refractivity contribution in [1.29, 1.82) is 0 Å². The van der Waals surface area contributed by atoms with Crippen molar-refractivity contribution in [1.82, 2.24) is 5.32 Å². The zero-order valence-corrected chi connectivity index (χ0v) is 10.8. The lowest BCUT2D eigenvalue weighted by Gasteiger charge is -2.17. The van der Waals surface area contributed by atoms with Gasteiger partial charge in [-0.05, 0) is 31.4 Å². The van der Waals surface area contributed by atoms with Gasteiger partial charge in [-0.1, -0.05) is 13.0 Å². The lowest BCUT2D eigenvalue weighted by Crippen LogP contribution is -2.39. The summed E-state index contributed by atoms with van der Waals surface area (Å²) >= 11 is 0. The number of carbonyl (C=O) groups excluding carboxylic acids is 1. The highest BCUT2D eigenvalue weighted by Gasteiger charge is 2.27. The summed E-state index contributed by atoms with van der Waals surface area (Å²) in [5, 5.41) is 2.96. The highest BCUT2D eigenvalue weighted by Crippen LogP contribution is 2.22. The van der Waals surface area contributed by atoms with E-state index in [1.54, 1.807) is 13.2 Å². The number of benzene rings is 1. The van der Waals surface area contributed by atoms with Crippen LogP contribution in [-0.2, 0) is 4.79 Å². The Bertz CT molecular complexity index is 415. The minimum atomic E-state index is -0.433. The molecule has 1 saturated carbocycles. The molecule has 1 fully saturated rings. The summed E-state index contributed by atoms with van der Waals surface area (Å²) < 4.78 is 10.8. The first-order chi connectivity index (χ1) is 8.72. The van der Waals surface area contributed by atoms with Gasteiger partial charge in [-0.25, -0.2) is 0 Å². The summed E-state index contributed by atoms with van der Waals surface area (Å²) in [5.74, 6) is 1.36. The Morgan fingerprint density at radius 3 is 2.78 bits per heavy atom. The number of hydrogen-bond acceptors (Lipinski definition) is 3. The smallest absolute Gasteiger partial charge is 0.261 e. The van der Waals surface area contributed by atoms with Crippen LogP contribution in [-0.4, -0.2) is 25.2 Å². The maximum absolute atomic E-state index is 11.9. The van der Waals surface area contributed by atoms with Crippen molar-refractivity contribution in [3.05, 3.63) is 24.3 Å². The monoisotopic (exact) mass is 249 g/mol. The van der Waals surface area contributed by atoms with Gasteiger partial charge in [0.05, 0.1) is 7.11 Å². The Morgan fingerprint density at radius 2 is 2.17 bits per heavy atom. The predicted octanol–water partition coefficient (Wildman–Crippen LogP) is 2.13. The summed E-state index contributed by atoms with van der Waals surface area (Å²) in [7, 11) is 1.61. The fourth-order valence-corrected chi connectivity index (χ4v) is 1.68. The molecule has 1 atom stereocenters. The lowest BCUT2D eigenvalue weighted by atomic mass is 10.2. The van der Waals surface area contributed by atoms with Gasteiger partial charge in [0.25, 0.3) is 5.91 Å². The summed E-state index contributed by atoms with van der Waals surface area (Å²) in [6.07, 6.45) is 2.39. The third kappa shape index (κ3) is 3.39. The molecule has 1 amide bonds. The zero-order chi connectivity index (χ0) is 13.0. The number of carbonyl (C=O) groups is 1. The molecule has 1 aliphatic rings. The van der Waals surface area contributed by atoms with Gasteiger partial charge in [-0.3, -0.25) is 4.79 Å². The summed E-state index contributed by atoms with van der Waals surface area (Å²) in [6.45, 7) is 1.94. The van der Waals surface area contributed by atoms with Gasteiger partial charge in [-0.15, -0.1) is 0 Å². The molecule has 1 unspecified atom stereocenters. The van der Waals surface area contributed by atoms with Gasteiger partial charge in [0.2, 0.25) is 0 Å². The molecule has 98 valence electrons. The van der Waals surface area contributed by atoms with Gasteiger partial charge in [-0.2, -0.15) is 0 Å². The van der Waals surface area contributed by atoms with E-state index < -0.39 is 6.10 Å². The first-order valence-corrected chi connectivity index (χ1v) is 6.34. The van der Waals surface area contributed by atoms with Crippen molar-refractivity contribution in [2.75, 3.05) is 7.11 Å². The van der Waals surface area contributed by atoms with Crippen LogP contribution in [0.15, 0.2) is 24.3 Å².